The zero-order chi connectivity index (χ0) is 26.4. The highest BCUT2D eigenvalue weighted by molar-refractivity contribution is 5.89. The molecule has 11 heteroatoms. The van der Waals surface area contributed by atoms with Crippen LogP contribution in [0, 0.1) is 35.0 Å². The fourth-order valence-corrected chi connectivity index (χ4v) is 3.79. The quantitative estimate of drug-likeness (QED) is 0.0745. The summed E-state index contributed by atoms with van der Waals surface area (Å²) in [5.74, 6) is -13.1. The Balaban J connectivity index is 2.68. The summed E-state index contributed by atoms with van der Waals surface area (Å²) >= 11 is 0. The molecule has 0 spiro atoms. The maximum atomic E-state index is 13.7. The van der Waals surface area contributed by atoms with Crippen LogP contribution >= 0.6 is 0 Å². The Morgan fingerprint density at radius 1 is 0.800 bits per heavy atom. The number of urea groups is 1. The average Bonchev–Trinajstić information content (AvgIpc) is 2.82. The number of carbonyl (C=O) groups is 1. The van der Waals surface area contributed by atoms with Gasteiger partial charge in [0.1, 0.15) is 5.69 Å². The summed E-state index contributed by atoms with van der Waals surface area (Å²) in [7, 11) is 0. The minimum absolute atomic E-state index is 0.0164. The molecule has 0 saturated heterocycles. The molecule has 3 N–H and O–H groups in total. The van der Waals surface area contributed by atoms with Crippen LogP contribution in [0.25, 0.3) is 0 Å². The second kappa shape index (κ2) is 15.9. The molecule has 202 valence electrons. The molecule has 0 aromatic heterocycles. The first-order chi connectivity index (χ1) is 16.6. The highest BCUT2D eigenvalue weighted by Crippen LogP contribution is 2.31. The summed E-state index contributed by atoms with van der Waals surface area (Å²) < 4.78 is 78.2. The number of halogens is 5. The van der Waals surface area contributed by atoms with E-state index in [2.05, 4.69) is 12.2 Å². The van der Waals surface area contributed by atoms with Gasteiger partial charge in [-0.05, 0) is 33.1 Å². The Morgan fingerprint density at radius 2 is 1.29 bits per heavy atom. The monoisotopic (exact) mass is 512 g/mol. The predicted octanol–water partition coefficient (Wildman–Crippen LogP) is 6.37. The molecule has 6 nitrogen and oxygen atoms in total. The summed E-state index contributed by atoms with van der Waals surface area (Å²) in [6.45, 7) is 6.08. The van der Waals surface area contributed by atoms with E-state index in [-0.39, 0.29) is 19.8 Å². The van der Waals surface area contributed by atoms with Crippen molar-refractivity contribution in [1.29, 1.82) is 0 Å². The SMILES string of the molecule is CCCCCCCCC(CCCNC(=O)Nc1c(F)c(F)c(F)c(F)c1F)C(O)(OCC)OCC. The van der Waals surface area contributed by atoms with Crippen LogP contribution in [0.5, 0.6) is 0 Å². The van der Waals surface area contributed by atoms with Crippen molar-refractivity contribution in [3.63, 3.8) is 0 Å². The van der Waals surface area contributed by atoms with Gasteiger partial charge in [-0.3, -0.25) is 0 Å². The summed E-state index contributed by atoms with van der Waals surface area (Å²) in [5, 5.41) is 14.9. The Morgan fingerprint density at radius 3 is 1.83 bits per heavy atom. The van der Waals surface area contributed by atoms with E-state index >= 15 is 0 Å². The Bertz CT molecular complexity index is 763. The number of amides is 2. The summed E-state index contributed by atoms with van der Waals surface area (Å²) in [6.07, 6.45) is 7.75. The van der Waals surface area contributed by atoms with E-state index in [1.54, 1.807) is 19.2 Å². The van der Waals surface area contributed by atoms with E-state index in [9.17, 15) is 31.9 Å². The Kier molecular flexibility index (Phi) is 14.1. The molecule has 0 bridgehead atoms. The fraction of sp³-hybridized carbons (Fsp3) is 0.708. The maximum absolute atomic E-state index is 13.7. The molecular weight excluding hydrogens is 475 g/mol. The summed E-state index contributed by atoms with van der Waals surface area (Å²) in [5.41, 5.74) is -1.43. The standard InChI is InChI=1S/C24H37F5N2O4/c1-4-7-8-9-10-11-13-16(24(33,34-5-2)35-6-3)14-12-15-30-23(32)31-22-20(28)18(26)17(25)19(27)21(22)29/h16,33H,4-15H2,1-3H3,(H2,30,31,32). The van der Waals surface area contributed by atoms with Crippen LogP contribution in [0.1, 0.15) is 78.6 Å². The van der Waals surface area contributed by atoms with Crippen molar-refractivity contribution in [2.24, 2.45) is 5.92 Å². The van der Waals surface area contributed by atoms with Crippen LogP contribution in [-0.2, 0) is 9.47 Å². The van der Waals surface area contributed by atoms with Crippen molar-refractivity contribution in [3.05, 3.63) is 29.1 Å². The van der Waals surface area contributed by atoms with Gasteiger partial charge < -0.3 is 25.2 Å². The molecule has 0 radical (unpaired) electrons. The zero-order valence-corrected chi connectivity index (χ0v) is 20.6. The van der Waals surface area contributed by atoms with Gasteiger partial charge in [0.25, 0.3) is 5.97 Å². The molecule has 0 heterocycles. The highest BCUT2D eigenvalue weighted by Gasteiger charge is 2.38. The first-order valence-electron chi connectivity index (χ1n) is 12.2. The first-order valence-corrected chi connectivity index (χ1v) is 12.2. The van der Waals surface area contributed by atoms with Crippen molar-refractivity contribution in [1.82, 2.24) is 5.32 Å². The number of carbonyl (C=O) groups excluding carboxylic acids is 1. The topological polar surface area (TPSA) is 79.8 Å². The summed E-state index contributed by atoms with van der Waals surface area (Å²) in [6, 6.07) is -1.13. The van der Waals surface area contributed by atoms with E-state index in [4.69, 9.17) is 9.47 Å². The van der Waals surface area contributed by atoms with Gasteiger partial charge in [0.05, 0.1) is 0 Å². The molecule has 1 unspecified atom stereocenters. The molecule has 0 aliphatic heterocycles. The minimum atomic E-state index is -2.31. The van der Waals surface area contributed by atoms with Crippen LogP contribution < -0.4 is 10.6 Å². The number of anilines is 1. The smallest absolute Gasteiger partial charge is 0.319 e. The number of benzene rings is 1. The van der Waals surface area contributed by atoms with Crippen molar-refractivity contribution in [3.8, 4) is 0 Å². The number of unbranched alkanes of at least 4 members (excludes halogenated alkanes) is 5. The van der Waals surface area contributed by atoms with Crippen molar-refractivity contribution < 1.29 is 41.3 Å². The highest BCUT2D eigenvalue weighted by atomic mass is 19.2. The molecule has 2 amide bonds. The van der Waals surface area contributed by atoms with Crippen LogP contribution in [-0.4, -0.2) is 36.9 Å². The van der Waals surface area contributed by atoms with Gasteiger partial charge in [-0.1, -0.05) is 45.4 Å². The third-order valence-corrected chi connectivity index (χ3v) is 5.59. The molecule has 0 saturated carbocycles. The second-order valence-corrected chi connectivity index (χ2v) is 8.22. The minimum Gasteiger partial charge on any atom is -0.343 e. The lowest BCUT2D eigenvalue weighted by Crippen LogP contribution is -2.44. The molecule has 0 aliphatic rings. The Labute approximate surface area is 203 Å². The number of rotatable bonds is 17. The van der Waals surface area contributed by atoms with E-state index in [1.165, 1.54) is 6.42 Å². The van der Waals surface area contributed by atoms with E-state index < -0.39 is 52.7 Å². The van der Waals surface area contributed by atoms with Crippen molar-refractivity contribution >= 4 is 11.7 Å². The molecule has 1 rings (SSSR count). The van der Waals surface area contributed by atoms with Crippen LogP contribution in [0.15, 0.2) is 0 Å². The van der Waals surface area contributed by atoms with Crippen molar-refractivity contribution in [2.75, 3.05) is 25.1 Å². The zero-order valence-electron chi connectivity index (χ0n) is 20.6. The Hall–Kier alpha value is -1.98. The third-order valence-electron chi connectivity index (χ3n) is 5.59. The van der Waals surface area contributed by atoms with Crippen LogP contribution in [0.2, 0.25) is 0 Å². The fourth-order valence-electron chi connectivity index (χ4n) is 3.79. The first kappa shape index (κ1) is 31.1. The average molecular weight is 513 g/mol. The molecular formula is C24H37F5N2O4. The van der Waals surface area contributed by atoms with E-state index in [0.717, 1.165) is 32.1 Å². The van der Waals surface area contributed by atoms with Crippen molar-refractivity contribution in [2.45, 2.75) is 84.5 Å². The predicted molar refractivity (Wildman–Crippen MR) is 122 cm³/mol. The van der Waals surface area contributed by atoms with Gasteiger partial charge in [-0.15, -0.1) is 0 Å². The number of hydrogen-bond acceptors (Lipinski definition) is 4. The molecule has 1 aromatic carbocycles. The number of aliphatic hydroxyl groups is 1. The lowest BCUT2D eigenvalue weighted by Gasteiger charge is -2.35. The lowest BCUT2D eigenvalue weighted by atomic mass is 9.93. The second-order valence-electron chi connectivity index (χ2n) is 8.22. The van der Waals surface area contributed by atoms with Gasteiger partial charge in [-0.2, -0.15) is 0 Å². The van der Waals surface area contributed by atoms with Crippen LogP contribution in [0.4, 0.5) is 32.4 Å². The normalized spacial score (nSPS) is 12.6. The number of nitrogens with one attached hydrogen (secondary N) is 2. The maximum Gasteiger partial charge on any atom is 0.319 e. The molecule has 1 aromatic rings. The van der Waals surface area contributed by atoms with Gasteiger partial charge in [0.2, 0.25) is 5.82 Å². The summed E-state index contributed by atoms with van der Waals surface area (Å²) in [4.78, 5) is 12.0. The van der Waals surface area contributed by atoms with Crippen LogP contribution in [0.3, 0.4) is 0 Å². The lowest BCUT2D eigenvalue weighted by molar-refractivity contribution is -0.385. The van der Waals surface area contributed by atoms with E-state index in [0.29, 0.717) is 19.3 Å². The third kappa shape index (κ3) is 9.53. The van der Waals surface area contributed by atoms with E-state index in [1.807, 2.05) is 0 Å². The molecule has 1 atom stereocenters. The number of hydrogen-bond donors (Lipinski definition) is 3. The van der Waals surface area contributed by atoms with Gasteiger partial charge in [-0.25, -0.2) is 26.7 Å². The van der Waals surface area contributed by atoms with Gasteiger partial charge in [0.15, 0.2) is 23.3 Å². The van der Waals surface area contributed by atoms with Gasteiger partial charge >= 0.3 is 6.03 Å². The van der Waals surface area contributed by atoms with Gasteiger partial charge in [0, 0.05) is 25.7 Å². The molecule has 35 heavy (non-hydrogen) atoms. The molecule has 0 fully saturated rings. The largest absolute Gasteiger partial charge is 0.343 e. The number of ether oxygens (including phenoxy) is 2. The molecule has 0 aliphatic carbocycles.